The van der Waals surface area contributed by atoms with Crippen LogP contribution in [0.5, 0.6) is 0 Å². The van der Waals surface area contributed by atoms with E-state index in [1.54, 1.807) is 9.47 Å². The number of fused-ring (bicyclic) bond motifs is 1. The van der Waals surface area contributed by atoms with Crippen LogP contribution in [0.2, 0.25) is 0 Å². The Hall–Kier alpha value is -1.39. The highest BCUT2D eigenvalue weighted by atomic mass is 32.2. The zero-order chi connectivity index (χ0) is 19.1. The average molecular weight is 401 g/mol. The SMILES string of the molecule is CCc1c(C)nc2n(c1=O)CC(C(=O)N1CCN(S(C)(=O)=O)CC1)CS2. The number of amides is 1. The molecule has 0 bridgehead atoms. The van der Waals surface area contributed by atoms with E-state index in [-0.39, 0.29) is 17.4 Å². The number of carbonyl (C=O) groups excluding carboxylic acids is 1. The number of nitrogens with zero attached hydrogens (tertiary/aromatic N) is 4. The molecule has 1 aromatic heterocycles. The predicted octanol–water partition coefficient (Wildman–Crippen LogP) is -0.0602. The summed E-state index contributed by atoms with van der Waals surface area (Å²) in [6.07, 6.45) is 1.81. The number of carbonyl (C=O) groups is 1. The van der Waals surface area contributed by atoms with Crippen molar-refractivity contribution in [2.75, 3.05) is 38.2 Å². The van der Waals surface area contributed by atoms with Crippen molar-refractivity contribution in [3.63, 3.8) is 0 Å². The molecule has 0 N–H and O–H groups in total. The van der Waals surface area contributed by atoms with E-state index in [0.717, 1.165) is 5.69 Å². The van der Waals surface area contributed by atoms with E-state index in [0.29, 0.717) is 55.6 Å². The van der Waals surface area contributed by atoms with E-state index in [2.05, 4.69) is 4.98 Å². The van der Waals surface area contributed by atoms with Crippen LogP contribution in [0, 0.1) is 12.8 Å². The van der Waals surface area contributed by atoms with E-state index in [4.69, 9.17) is 0 Å². The highest BCUT2D eigenvalue weighted by Crippen LogP contribution is 2.27. The molecule has 3 heterocycles. The van der Waals surface area contributed by atoms with Crippen molar-refractivity contribution in [1.82, 2.24) is 18.8 Å². The summed E-state index contributed by atoms with van der Waals surface area (Å²) >= 11 is 1.44. The largest absolute Gasteiger partial charge is 0.340 e. The molecule has 8 nitrogen and oxygen atoms in total. The monoisotopic (exact) mass is 400 g/mol. The Morgan fingerprint density at radius 2 is 1.92 bits per heavy atom. The van der Waals surface area contributed by atoms with E-state index >= 15 is 0 Å². The van der Waals surface area contributed by atoms with E-state index in [1.165, 1.54) is 22.3 Å². The lowest BCUT2D eigenvalue weighted by molar-refractivity contribution is -0.136. The molecule has 1 fully saturated rings. The number of hydrogen-bond acceptors (Lipinski definition) is 6. The Bertz CT molecular complexity index is 873. The molecular weight excluding hydrogens is 376 g/mol. The molecule has 1 saturated heterocycles. The molecule has 26 heavy (non-hydrogen) atoms. The molecule has 3 rings (SSSR count). The van der Waals surface area contributed by atoms with Crippen molar-refractivity contribution >= 4 is 27.7 Å². The summed E-state index contributed by atoms with van der Waals surface area (Å²) in [6.45, 7) is 5.54. The second kappa shape index (κ2) is 7.32. The summed E-state index contributed by atoms with van der Waals surface area (Å²) in [5, 5.41) is 0.677. The second-order valence-electron chi connectivity index (χ2n) is 6.72. The lowest BCUT2D eigenvalue weighted by atomic mass is 10.1. The first-order valence-electron chi connectivity index (χ1n) is 8.69. The van der Waals surface area contributed by atoms with E-state index in [1.807, 2.05) is 13.8 Å². The Morgan fingerprint density at radius 1 is 1.27 bits per heavy atom. The van der Waals surface area contributed by atoms with Crippen LogP contribution in [-0.2, 0) is 27.8 Å². The third kappa shape index (κ3) is 3.67. The van der Waals surface area contributed by atoms with Gasteiger partial charge in [-0.25, -0.2) is 13.4 Å². The number of aryl methyl sites for hydroxylation is 1. The predicted molar refractivity (Wildman–Crippen MR) is 99.8 cm³/mol. The van der Waals surface area contributed by atoms with Crippen LogP contribution in [-0.4, -0.2) is 71.3 Å². The average Bonchev–Trinajstić information content (AvgIpc) is 2.60. The fourth-order valence-electron chi connectivity index (χ4n) is 3.45. The Balaban J connectivity index is 1.73. The highest BCUT2D eigenvalue weighted by molar-refractivity contribution is 7.99. The van der Waals surface area contributed by atoms with Gasteiger partial charge in [-0.15, -0.1) is 0 Å². The fraction of sp³-hybridized carbons (Fsp3) is 0.688. The quantitative estimate of drug-likeness (QED) is 0.660. The van der Waals surface area contributed by atoms with E-state index < -0.39 is 10.0 Å². The third-order valence-corrected chi connectivity index (χ3v) is 7.42. The van der Waals surface area contributed by atoms with Gasteiger partial charge >= 0.3 is 0 Å². The minimum atomic E-state index is -3.22. The van der Waals surface area contributed by atoms with Gasteiger partial charge in [0.15, 0.2) is 5.16 Å². The summed E-state index contributed by atoms with van der Waals surface area (Å²) < 4.78 is 26.2. The number of hydrogen-bond donors (Lipinski definition) is 0. The number of rotatable bonds is 3. The number of aromatic nitrogens is 2. The van der Waals surface area contributed by atoms with Crippen LogP contribution in [0.4, 0.5) is 0 Å². The molecule has 0 saturated carbocycles. The zero-order valence-electron chi connectivity index (χ0n) is 15.3. The van der Waals surface area contributed by atoms with Gasteiger partial charge in [0.05, 0.1) is 12.2 Å². The van der Waals surface area contributed by atoms with Gasteiger partial charge in [-0.3, -0.25) is 14.2 Å². The molecule has 2 aliphatic rings. The van der Waals surface area contributed by atoms with Crippen LogP contribution in [0.3, 0.4) is 0 Å². The van der Waals surface area contributed by atoms with Crippen LogP contribution in [0.25, 0.3) is 0 Å². The van der Waals surface area contributed by atoms with Crippen molar-refractivity contribution in [3.05, 3.63) is 21.6 Å². The summed E-state index contributed by atoms with van der Waals surface area (Å²) in [5.74, 6) is 0.286. The van der Waals surface area contributed by atoms with Gasteiger partial charge in [0, 0.05) is 49.7 Å². The summed E-state index contributed by atoms with van der Waals surface area (Å²) in [5.41, 5.74) is 1.41. The molecule has 10 heteroatoms. The van der Waals surface area contributed by atoms with Crippen LogP contribution in [0.1, 0.15) is 18.2 Å². The maximum Gasteiger partial charge on any atom is 0.257 e. The molecule has 1 atom stereocenters. The second-order valence-corrected chi connectivity index (χ2v) is 9.69. The smallest absolute Gasteiger partial charge is 0.257 e. The summed E-state index contributed by atoms with van der Waals surface area (Å²) in [6, 6.07) is 0. The van der Waals surface area contributed by atoms with Crippen molar-refractivity contribution < 1.29 is 13.2 Å². The molecule has 0 aromatic carbocycles. The Labute approximate surface area is 157 Å². The van der Waals surface area contributed by atoms with Crippen LogP contribution >= 0.6 is 11.8 Å². The maximum absolute atomic E-state index is 12.9. The minimum Gasteiger partial charge on any atom is -0.340 e. The zero-order valence-corrected chi connectivity index (χ0v) is 16.9. The fourth-order valence-corrected chi connectivity index (χ4v) is 5.39. The lowest BCUT2D eigenvalue weighted by Crippen LogP contribution is -2.53. The summed E-state index contributed by atoms with van der Waals surface area (Å²) in [7, 11) is -3.22. The van der Waals surface area contributed by atoms with Crippen LogP contribution < -0.4 is 5.56 Å². The Kier molecular flexibility index (Phi) is 5.45. The van der Waals surface area contributed by atoms with Gasteiger partial charge in [-0.05, 0) is 13.3 Å². The van der Waals surface area contributed by atoms with Crippen LogP contribution in [0.15, 0.2) is 9.95 Å². The first kappa shape index (κ1) is 19.4. The first-order valence-corrected chi connectivity index (χ1v) is 11.5. The lowest BCUT2D eigenvalue weighted by Gasteiger charge is -2.36. The molecular formula is C16H24N4O4S2. The minimum absolute atomic E-state index is 0.0122. The topological polar surface area (TPSA) is 92.6 Å². The van der Waals surface area contributed by atoms with Gasteiger partial charge in [0.1, 0.15) is 0 Å². The standard InChI is InChI=1S/C16H24N4O4S2/c1-4-13-11(2)17-16-20(15(13)22)9-12(10-25-16)14(21)18-5-7-19(8-6-18)26(3,23)24/h12H,4-10H2,1-3H3. The molecule has 0 radical (unpaired) electrons. The first-order chi connectivity index (χ1) is 12.2. The normalized spacial score (nSPS) is 21.5. The third-order valence-electron chi connectivity index (χ3n) is 4.97. The molecule has 0 aliphatic carbocycles. The van der Waals surface area contributed by atoms with Crippen molar-refractivity contribution in [3.8, 4) is 0 Å². The molecule has 2 aliphatic heterocycles. The molecule has 1 aromatic rings. The highest BCUT2D eigenvalue weighted by Gasteiger charge is 2.33. The number of thioether (sulfide) groups is 1. The van der Waals surface area contributed by atoms with Gasteiger partial charge in [0.2, 0.25) is 15.9 Å². The number of piperazine rings is 1. The maximum atomic E-state index is 12.9. The molecule has 1 unspecified atom stereocenters. The van der Waals surface area contributed by atoms with Gasteiger partial charge < -0.3 is 4.90 Å². The van der Waals surface area contributed by atoms with E-state index in [9.17, 15) is 18.0 Å². The number of sulfonamides is 1. The summed E-state index contributed by atoms with van der Waals surface area (Å²) in [4.78, 5) is 31.8. The van der Waals surface area contributed by atoms with Crippen molar-refractivity contribution in [2.24, 2.45) is 5.92 Å². The van der Waals surface area contributed by atoms with Crippen molar-refractivity contribution in [2.45, 2.75) is 32.0 Å². The molecule has 144 valence electrons. The van der Waals surface area contributed by atoms with Gasteiger partial charge in [-0.2, -0.15) is 4.31 Å². The van der Waals surface area contributed by atoms with Gasteiger partial charge in [0.25, 0.3) is 5.56 Å². The molecule has 1 amide bonds. The van der Waals surface area contributed by atoms with Crippen molar-refractivity contribution in [1.29, 1.82) is 0 Å². The van der Waals surface area contributed by atoms with Gasteiger partial charge in [-0.1, -0.05) is 18.7 Å². The Morgan fingerprint density at radius 3 is 2.50 bits per heavy atom. The molecule has 0 spiro atoms.